The Hall–Kier alpha value is -2.19. The fourth-order valence-corrected chi connectivity index (χ4v) is 4.96. The van der Waals surface area contributed by atoms with E-state index in [4.69, 9.17) is 4.74 Å². The van der Waals surface area contributed by atoms with Gasteiger partial charge in [-0.25, -0.2) is 8.42 Å². The number of aromatic amines is 1. The number of aryl methyl sites for hydroxylation is 1. The molecule has 1 atom stereocenters. The van der Waals surface area contributed by atoms with E-state index in [0.29, 0.717) is 29.7 Å². The van der Waals surface area contributed by atoms with Crippen molar-refractivity contribution in [1.29, 1.82) is 0 Å². The number of nitrogens with zero attached hydrogens (tertiary/aromatic N) is 1. The lowest BCUT2D eigenvalue weighted by molar-refractivity contribution is 0.0952. The third kappa shape index (κ3) is 2.75. The number of methoxy groups -OCH3 is 1. The van der Waals surface area contributed by atoms with E-state index in [2.05, 4.69) is 5.10 Å². The van der Waals surface area contributed by atoms with E-state index in [1.54, 1.807) is 13.8 Å². The average Bonchev–Trinajstić information content (AvgIpc) is 2.95. The SMILES string of the molecule is CCn1[nH]cc(C(=O)c2ccc3c(c2C)C(OC)CCS3(=O)=O)c1=O. The van der Waals surface area contributed by atoms with Crippen molar-refractivity contribution in [1.82, 2.24) is 9.78 Å². The number of carbonyl (C=O) groups is 1. The second kappa shape index (κ2) is 6.27. The fraction of sp³-hybridized carbons (Fsp3) is 0.412. The second-order valence-corrected chi connectivity index (χ2v) is 8.13. The van der Waals surface area contributed by atoms with E-state index in [0.717, 1.165) is 0 Å². The molecule has 8 heteroatoms. The Morgan fingerprint density at radius 3 is 2.68 bits per heavy atom. The first-order valence-corrected chi connectivity index (χ1v) is 9.69. The number of aromatic nitrogens is 2. The van der Waals surface area contributed by atoms with Gasteiger partial charge in [0.25, 0.3) is 5.56 Å². The average molecular weight is 364 g/mol. The highest BCUT2D eigenvalue weighted by atomic mass is 32.2. The van der Waals surface area contributed by atoms with E-state index in [9.17, 15) is 18.0 Å². The van der Waals surface area contributed by atoms with Crippen LogP contribution in [0.4, 0.5) is 0 Å². The number of benzene rings is 1. The minimum absolute atomic E-state index is 0.0181. The number of hydrogen-bond acceptors (Lipinski definition) is 5. The molecule has 1 unspecified atom stereocenters. The van der Waals surface area contributed by atoms with Gasteiger partial charge in [0.2, 0.25) is 0 Å². The number of fused-ring (bicyclic) bond motifs is 1. The van der Waals surface area contributed by atoms with Crippen LogP contribution in [0.2, 0.25) is 0 Å². The van der Waals surface area contributed by atoms with Gasteiger partial charge in [-0.15, -0.1) is 0 Å². The summed E-state index contributed by atoms with van der Waals surface area (Å²) in [6, 6.07) is 2.93. The van der Waals surface area contributed by atoms with Crippen LogP contribution in [0.25, 0.3) is 0 Å². The summed E-state index contributed by atoms with van der Waals surface area (Å²) in [7, 11) is -1.87. The van der Waals surface area contributed by atoms with Gasteiger partial charge in [0.15, 0.2) is 15.6 Å². The van der Waals surface area contributed by atoms with Crippen molar-refractivity contribution < 1.29 is 17.9 Å². The zero-order chi connectivity index (χ0) is 18.4. The first kappa shape index (κ1) is 17.6. The fourth-order valence-electron chi connectivity index (χ4n) is 3.32. The molecule has 1 aromatic heterocycles. The molecule has 0 amide bonds. The van der Waals surface area contributed by atoms with Crippen molar-refractivity contribution >= 4 is 15.6 Å². The summed E-state index contributed by atoms with van der Waals surface area (Å²) >= 11 is 0. The Kier molecular flexibility index (Phi) is 4.42. The highest BCUT2D eigenvalue weighted by molar-refractivity contribution is 7.91. The molecule has 0 fully saturated rings. The van der Waals surface area contributed by atoms with E-state index in [1.807, 2.05) is 0 Å². The molecule has 0 saturated heterocycles. The van der Waals surface area contributed by atoms with Crippen LogP contribution in [0.1, 0.15) is 46.5 Å². The standard InChI is InChI=1S/C17H20N2O5S/c1-4-19-17(21)12(9-18-19)16(20)11-5-6-14-15(10(11)2)13(24-3)7-8-25(14,22)23/h5-6,9,13,18H,4,7-8H2,1-3H3. The summed E-state index contributed by atoms with van der Waals surface area (Å²) in [6.07, 6.45) is 1.35. The van der Waals surface area contributed by atoms with Crippen LogP contribution in [0.15, 0.2) is 28.0 Å². The smallest absolute Gasteiger partial charge is 0.277 e. The lowest BCUT2D eigenvalue weighted by Gasteiger charge is -2.27. The summed E-state index contributed by atoms with van der Waals surface area (Å²) in [6.45, 7) is 3.92. The summed E-state index contributed by atoms with van der Waals surface area (Å²) in [5.74, 6) is -0.406. The molecule has 1 N–H and O–H groups in total. The number of sulfone groups is 1. The molecule has 0 bridgehead atoms. The molecule has 2 aromatic rings. The molecule has 3 rings (SSSR count). The van der Waals surface area contributed by atoms with E-state index >= 15 is 0 Å². The molecular weight excluding hydrogens is 344 g/mol. The molecule has 0 aliphatic carbocycles. The Bertz CT molecular complexity index is 1000. The third-order valence-electron chi connectivity index (χ3n) is 4.71. The van der Waals surface area contributed by atoms with Gasteiger partial charge in [-0.1, -0.05) is 0 Å². The first-order valence-electron chi connectivity index (χ1n) is 8.03. The molecule has 1 aliphatic heterocycles. The van der Waals surface area contributed by atoms with Gasteiger partial charge in [-0.05, 0) is 38.0 Å². The van der Waals surface area contributed by atoms with E-state index < -0.39 is 15.6 Å². The van der Waals surface area contributed by atoms with E-state index in [1.165, 1.54) is 30.1 Å². The zero-order valence-corrected chi connectivity index (χ0v) is 15.1. The number of ketones is 1. The quantitative estimate of drug-likeness (QED) is 0.831. The molecule has 2 heterocycles. The maximum atomic E-state index is 12.8. The Labute approximate surface area is 145 Å². The Morgan fingerprint density at radius 1 is 1.36 bits per heavy atom. The molecule has 1 aromatic carbocycles. The minimum atomic E-state index is -3.39. The molecular formula is C17H20N2O5S. The number of rotatable bonds is 4. The summed E-state index contributed by atoms with van der Waals surface area (Å²) in [4.78, 5) is 25.3. The number of ether oxygens (including phenoxy) is 1. The predicted octanol–water partition coefficient (Wildman–Crippen LogP) is 1.60. The lowest BCUT2D eigenvalue weighted by atomic mass is 9.93. The van der Waals surface area contributed by atoms with Crippen LogP contribution >= 0.6 is 0 Å². The van der Waals surface area contributed by atoms with Gasteiger partial charge >= 0.3 is 0 Å². The monoisotopic (exact) mass is 364 g/mol. The Morgan fingerprint density at radius 2 is 2.08 bits per heavy atom. The van der Waals surface area contributed by atoms with Crippen molar-refractivity contribution in [3.8, 4) is 0 Å². The van der Waals surface area contributed by atoms with Crippen LogP contribution < -0.4 is 5.56 Å². The highest BCUT2D eigenvalue weighted by Crippen LogP contribution is 2.37. The van der Waals surface area contributed by atoms with Crippen LogP contribution in [0.3, 0.4) is 0 Å². The van der Waals surface area contributed by atoms with Gasteiger partial charge in [0.1, 0.15) is 5.56 Å². The normalized spacial score (nSPS) is 18.8. The molecule has 0 radical (unpaired) electrons. The topological polar surface area (TPSA) is 98.2 Å². The predicted molar refractivity (Wildman–Crippen MR) is 91.8 cm³/mol. The molecule has 1 aliphatic rings. The van der Waals surface area contributed by atoms with Gasteiger partial charge in [0, 0.05) is 31.0 Å². The molecule has 25 heavy (non-hydrogen) atoms. The Balaban J connectivity index is 2.18. The minimum Gasteiger partial charge on any atom is -0.377 e. The number of carbonyl (C=O) groups excluding carboxylic acids is 1. The number of hydrogen-bond donors (Lipinski definition) is 1. The van der Waals surface area contributed by atoms with Crippen molar-refractivity contribution in [3.63, 3.8) is 0 Å². The van der Waals surface area contributed by atoms with Crippen molar-refractivity contribution in [3.05, 3.63) is 50.9 Å². The first-order chi connectivity index (χ1) is 11.8. The summed E-state index contributed by atoms with van der Waals surface area (Å²) in [5, 5.41) is 2.75. The number of nitrogens with one attached hydrogen (secondary N) is 1. The summed E-state index contributed by atoms with van der Waals surface area (Å²) < 4.78 is 31.4. The van der Waals surface area contributed by atoms with Gasteiger partial charge in [0.05, 0.1) is 16.8 Å². The largest absolute Gasteiger partial charge is 0.377 e. The van der Waals surface area contributed by atoms with Crippen LogP contribution in [-0.2, 0) is 21.1 Å². The second-order valence-electron chi connectivity index (χ2n) is 6.05. The van der Waals surface area contributed by atoms with Crippen LogP contribution in [0, 0.1) is 6.92 Å². The van der Waals surface area contributed by atoms with Gasteiger partial charge in [-0.2, -0.15) is 0 Å². The highest BCUT2D eigenvalue weighted by Gasteiger charge is 2.33. The molecule has 0 saturated carbocycles. The van der Waals surface area contributed by atoms with Gasteiger partial charge in [-0.3, -0.25) is 14.3 Å². The maximum absolute atomic E-state index is 12.8. The molecule has 134 valence electrons. The maximum Gasteiger partial charge on any atom is 0.277 e. The summed E-state index contributed by atoms with van der Waals surface area (Å²) in [5.41, 5.74) is 1.03. The third-order valence-corrected chi connectivity index (χ3v) is 6.51. The number of H-pyrrole nitrogens is 1. The zero-order valence-electron chi connectivity index (χ0n) is 14.3. The van der Waals surface area contributed by atoms with Crippen molar-refractivity contribution in [2.24, 2.45) is 0 Å². The van der Waals surface area contributed by atoms with Crippen molar-refractivity contribution in [2.75, 3.05) is 12.9 Å². The van der Waals surface area contributed by atoms with E-state index in [-0.39, 0.29) is 27.9 Å². The lowest BCUT2D eigenvalue weighted by Crippen LogP contribution is -2.25. The van der Waals surface area contributed by atoms with Crippen LogP contribution in [0.5, 0.6) is 0 Å². The van der Waals surface area contributed by atoms with Gasteiger partial charge < -0.3 is 9.84 Å². The molecule has 0 spiro atoms. The van der Waals surface area contributed by atoms with Crippen molar-refractivity contribution in [2.45, 2.75) is 37.8 Å². The molecule has 7 nitrogen and oxygen atoms in total. The van der Waals surface area contributed by atoms with Crippen LogP contribution in [-0.4, -0.2) is 36.8 Å².